The fourth-order valence-electron chi connectivity index (χ4n) is 1.65. The van der Waals surface area contributed by atoms with Crippen molar-refractivity contribution in [2.75, 3.05) is 10.6 Å². The molecule has 0 spiro atoms. The number of phenolic OH excluding ortho intramolecular Hbond substituents is 1. The Bertz CT molecular complexity index is 762. The number of nitrogens with one attached hydrogen (secondary N) is 4. The van der Waals surface area contributed by atoms with Crippen LogP contribution in [0.4, 0.5) is 11.9 Å². The third-order valence-electron chi connectivity index (χ3n) is 2.58. The highest BCUT2D eigenvalue weighted by molar-refractivity contribution is 6.08. The number of amides is 2. The lowest BCUT2D eigenvalue weighted by molar-refractivity contribution is 0.102. The van der Waals surface area contributed by atoms with Gasteiger partial charge in [0.25, 0.3) is 23.7 Å². The predicted octanol–water partition coefficient (Wildman–Crippen LogP) is -1.08. The van der Waals surface area contributed by atoms with Gasteiger partial charge in [-0.3, -0.25) is 20.2 Å². The summed E-state index contributed by atoms with van der Waals surface area (Å²) in [7, 11) is 0. The van der Waals surface area contributed by atoms with E-state index in [9.17, 15) is 14.7 Å². The summed E-state index contributed by atoms with van der Waals surface area (Å²) in [6, 6.07) is 3.63. The fourth-order valence-corrected chi connectivity index (χ4v) is 1.65. The zero-order chi connectivity index (χ0) is 16.2. The summed E-state index contributed by atoms with van der Waals surface area (Å²) in [4.78, 5) is 24.1. The number of tetrazole rings is 2. The molecular weight excluding hydrogens is 308 g/mol. The average Bonchev–Trinajstić information content (AvgIpc) is 3.20. The van der Waals surface area contributed by atoms with Crippen LogP contribution in [0.3, 0.4) is 0 Å². The van der Waals surface area contributed by atoms with Crippen LogP contribution in [0.2, 0.25) is 0 Å². The molecule has 2 aromatic heterocycles. The van der Waals surface area contributed by atoms with E-state index in [0.717, 1.165) is 0 Å². The van der Waals surface area contributed by atoms with Crippen molar-refractivity contribution in [1.29, 1.82) is 0 Å². The van der Waals surface area contributed by atoms with Crippen molar-refractivity contribution < 1.29 is 14.7 Å². The van der Waals surface area contributed by atoms with E-state index in [0.29, 0.717) is 0 Å². The molecule has 0 bridgehead atoms. The van der Waals surface area contributed by atoms with Crippen LogP contribution in [-0.2, 0) is 0 Å². The Kier molecular flexibility index (Phi) is 3.57. The molecule has 3 rings (SSSR count). The normalized spacial score (nSPS) is 10.3. The third kappa shape index (κ3) is 3.23. The Hall–Kier alpha value is -3.90. The van der Waals surface area contributed by atoms with E-state index >= 15 is 0 Å². The van der Waals surface area contributed by atoms with Crippen LogP contribution in [-0.4, -0.2) is 58.2 Å². The molecule has 0 unspecified atom stereocenters. The van der Waals surface area contributed by atoms with Crippen molar-refractivity contribution in [2.24, 2.45) is 0 Å². The number of phenols is 1. The zero-order valence-corrected chi connectivity index (χ0v) is 11.2. The van der Waals surface area contributed by atoms with E-state index < -0.39 is 11.8 Å². The lowest BCUT2D eigenvalue weighted by atomic mass is 10.1. The number of aromatic nitrogens is 8. The lowest BCUT2D eigenvalue weighted by Crippen LogP contribution is -2.16. The molecule has 0 radical (unpaired) electrons. The molecule has 2 amide bonds. The van der Waals surface area contributed by atoms with Gasteiger partial charge >= 0.3 is 0 Å². The maximum atomic E-state index is 12.0. The Morgan fingerprint density at radius 3 is 1.74 bits per heavy atom. The number of nitrogens with zero attached hydrogens (tertiary/aromatic N) is 6. The standard InChI is InChI=1S/C10H8N10O3/c21-6-2-4(7(22)11-9-13-17-18-14-9)1-5(3-6)8(23)12-10-15-19-20-16-10/h1-3,21H,(H2,11,13,14,17,18,22)(H2,12,15,16,19,20,23). The van der Waals surface area contributed by atoms with Crippen molar-refractivity contribution in [3.63, 3.8) is 0 Å². The molecular formula is C10H8N10O3. The quantitative estimate of drug-likeness (QED) is 0.399. The summed E-state index contributed by atoms with van der Waals surface area (Å²) in [6.07, 6.45) is 0. The predicted molar refractivity (Wildman–Crippen MR) is 72.4 cm³/mol. The fraction of sp³-hybridized carbons (Fsp3) is 0. The number of hydrogen-bond acceptors (Lipinski definition) is 9. The second-order valence-electron chi connectivity index (χ2n) is 4.15. The minimum Gasteiger partial charge on any atom is -0.508 e. The SMILES string of the molecule is O=C(Nc1nn[nH]n1)c1cc(O)cc(C(=O)Nc2nn[nH]n2)c1. The number of H-pyrrole nitrogens is 2. The smallest absolute Gasteiger partial charge is 0.270 e. The maximum Gasteiger partial charge on any atom is 0.270 e. The summed E-state index contributed by atoms with van der Waals surface area (Å²) in [5.41, 5.74) is 0.0427. The molecule has 5 N–H and O–H groups in total. The molecule has 0 aliphatic heterocycles. The van der Waals surface area contributed by atoms with Crippen LogP contribution in [0.1, 0.15) is 20.7 Å². The second-order valence-corrected chi connectivity index (χ2v) is 4.15. The summed E-state index contributed by atoms with van der Waals surface area (Å²) >= 11 is 0. The number of benzene rings is 1. The second kappa shape index (κ2) is 5.84. The minimum atomic E-state index is -0.629. The van der Waals surface area contributed by atoms with E-state index in [2.05, 4.69) is 51.9 Å². The van der Waals surface area contributed by atoms with Crippen molar-refractivity contribution in [2.45, 2.75) is 0 Å². The van der Waals surface area contributed by atoms with E-state index in [4.69, 9.17) is 0 Å². The number of anilines is 2. The topological polar surface area (TPSA) is 187 Å². The first kappa shape index (κ1) is 14.1. The van der Waals surface area contributed by atoms with Crippen LogP contribution >= 0.6 is 0 Å². The molecule has 116 valence electrons. The number of aromatic hydroxyl groups is 1. The number of aromatic amines is 2. The minimum absolute atomic E-state index is 0.0214. The van der Waals surface area contributed by atoms with Crippen molar-refractivity contribution in [1.82, 2.24) is 41.2 Å². The number of carbonyl (C=O) groups excluding carboxylic acids is 2. The number of hydrogen-bond donors (Lipinski definition) is 5. The molecule has 13 nitrogen and oxygen atoms in total. The monoisotopic (exact) mass is 316 g/mol. The summed E-state index contributed by atoms with van der Waals surface area (Å²) < 4.78 is 0. The van der Waals surface area contributed by atoms with Crippen LogP contribution in [0.15, 0.2) is 18.2 Å². The first-order chi connectivity index (χ1) is 11.1. The Morgan fingerprint density at radius 1 is 0.870 bits per heavy atom. The molecule has 23 heavy (non-hydrogen) atoms. The van der Waals surface area contributed by atoms with Gasteiger partial charge in [0.05, 0.1) is 0 Å². The summed E-state index contributed by atoms with van der Waals surface area (Å²) in [5, 5.41) is 39.5. The van der Waals surface area contributed by atoms with Gasteiger partial charge in [0.15, 0.2) is 0 Å². The van der Waals surface area contributed by atoms with Gasteiger partial charge < -0.3 is 5.11 Å². The molecule has 0 aliphatic rings. The maximum absolute atomic E-state index is 12.0. The van der Waals surface area contributed by atoms with E-state index in [1.807, 2.05) is 0 Å². The van der Waals surface area contributed by atoms with Crippen molar-refractivity contribution in [3.8, 4) is 5.75 Å². The molecule has 0 aliphatic carbocycles. The molecule has 0 atom stereocenters. The van der Waals surface area contributed by atoms with Crippen molar-refractivity contribution >= 4 is 23.7 Å². The highest BCUT2D eigenvalue weighted by Crippen LogP contribution is 2.17. The van der Waals surface area contributed by atoms with Gasteiger partial charge in [-0.15, -0.1) is 10.2 Å². The van der Waals surface area contributed by atoms with E-state index in [-0.39, 0.29) is 28.8 Å². The lowest BCUT2D eigenvalue weighted by Gasteiger charge is -2.06. The van der Waals surface area contributed by atoms with Gasteiger partial charge in [-0.1, -0.05) is 10.2 Å². The third-order valence-corrected chi connectivity index (χ3v) is 2.58. The largest absolute Gasteiger partial charge is 0.508 e. The Morgan fingerprint density at radius 2 is 1.35 bits per heavy atom. The number of carbonyl (C=O) groups is 2. The van der Waals surface area contributed by atoms with Gasteiger partial charge in [0, 0.05) is 11.1 Å². The van der Waals surface area contributed by atoms with Crippen LogP contribution in [0.25, 0.3) is 0 Å². The Balaban J connectivity index is 1.81. The molecule has 2 heterocycles. The summed E-state index contributed by atoms with van der Waals surface area (Å²) in [6.45, 7) is 0. The van der Waals surface area contributed by atoms with Crippen LogP contribution in [0.5, 0.6) is 5.75 Å². The molecule has 3 aromatic rings. The van der Waals surface area contributed by atoms with Gasteiger partial charge in [-0.25, -0.2) is 0 Å². The molecule has 0 fully saturated rings. The van der Waals surface area contributed by atoms with E-state index in [1.165, 1.54) is 18.2 Å². The van der Waals surface area contributed by atoms with Gasteiger partial charge in [-0.2, -0.15) is 10.4 Å². The number of rotatable bonds is 4. The molecule has 0 saturated heterocycles. The first-order valence-electron chi connectivity index (χ1n) is 6.05. The van der Waals surface area contributed by atoms with E-state index in [1.54, 1.807) is 0 Å². The van der Waals surface area contributed by atoms with Gasteiger partial charge in [0.1, 0.15) is 5.75 Å². The Labute approximate surface area is 126 Å². The van der Waals surface area contributed by atoms with Gasteiger partial charge in [0.2, 0.25) is 0 Å². The van der Waals surface area contributed by atoms with Crippen LogP contribution in [0, 0.1) is 0 Å². The zero-order valence-electron chi connectivity index (χ0n) is 11.2. The highest BCUT2D eigenvalue weighted by Gasteiger charge is 2.15. The summed E-state index contributed by atoms with van der Waals surface area (Å²) in [5.74, 6) is -1.62. The first-order valence-corrected chi connectivity index (χ1v) is 6.05. The van der Waals surface area contributed by atoms with Crippen molar-refractivity contribution in [3.05, 3.63) is 29.3 Å². The molecule has 1 aromatic carbocycles. The van der Waals surface area contributed by atoms with Crippen LogP contribution < -0.4 is 10.6 Å². The average molecular weight is 316 g/mol. The molecule has 0 saturated carbocycles. The molecule has 13 heteroatoms. The van der Waals surface area contributed by atoms with Gasteiger partial charge in [-0.05, 0) is 28.6 Å². The highest BCUT2D eigenvalue weighted by atomic mass is 16.3.